The van der Waals surface area contributed by atoms with E-state index in [0.29, 0.717) is 0 Å². The molecule has 4 nitrogen and oxygen atoms in total. The normalized spacial score (nSPS) is 10.8. The largest absolute Gasteiger partial charge is 0.497 e. The van der Waals surface area contributed by atoms with Gasteiger partial charge in [-0.1, -0.05) is 12.1 Å². The molecule has 0 aliphatic carbocycles. The van der Waals surface area contributed by atoms with Crippen molar-refractivity contribution >= 4 is 0 Å². The molecule has 2 rings (SSSR count). The molecule has 1 aromatic carbocycles. The Bertz CT molecular complexity index is 558. The first-order valence-corrected chi connectivity index (χ1v) is 6.96. The van der Waals surface area contributed by atoms with Crippen LogP contribution in [0.15, 0.2) is 24.3 Å². The molecule has 0 spiro atoms. The summed E-state index contributed by atoms with van der Waals surface area (Å²) in [5.74, 6) is 0.899. The van der Waals surface area contributed by atoms with E-state index in [0.717, 1.165) is 31.0 Å². The van der Waals surface area contributed by atoms with Crippen molar-refractivity contribution in [3.8, 4) is 5.75 Å². The molecular formula is C16H23N3O. The van der Waals surface area contributed by atoms with Crippen LogP contribution >= 0.6 is 0 Å². The Morgan fingerprint density at radius 2 is 1.90 bits per heavy atom. The van der Waals surface area contributed by atoms with Gasteiger partial charge in [0.2, 0.25) is 0 Å². The molecular weight excluding hydrogens is 250 g/mol. The highest BCUT2D eigenvalue weighted by atomic mass is 16.5. The van der Waals surface area contributed by atoms with Crippen LogP contribution in [-0.2, 0) is 19.5 Å². The Morgan fingerprint density at radius 3 is 2.50 bits per heavy atom. The Morgan fingerprint density at radius 1 is 1.20 bits per heavy atom. The summed E-state index contributed by atoms with van der Waals surface area (Å²) in [7, 11) is 3.65. The van der Waals surface area contributed by atoms with Gasteiger partial charge in [-0.3, -0.25) is 4.68 Å². The van der Waals surface area contributed by atoms with E-state index in [2.05, 4.69) is 41.1 Å². The highest BCUT2D eigenvalue weighted by Gasteiger charge is 2.10. The van der Waals surface area contributed by atoms with Crippen LogP contribution in [-0.4, -0.2) is 23.9 Å². The molecule has 0 atom stereocenters. The summed E-state index contributed by atoms with van der Waals surface area (Å²) in [4.78, 5) is 0. The standard InChI is InChI=1S/C16H23N3O/c1-12-16(11-17-3)13(2)19(18-12)10-9-14-5-7-15(20-4)8-6-14/h5-8,17H,9-11H2,1-4H3. The molecule has 0 bridgehead atoms. The summed E-state index contributed by atoms with van der Waals surface area (Å²) in [6.45, 7) is 5.99. The lowest BCUT2D eigenvalue weighted by Crippen LogP contribution is -2.08. The summed E-state index contributed by atoms with van der Waals surface area (Å²) in [6, 6.07) is 8.23. The summed E-state index contributed by atoms with van der Waals surface area (Å²) in [5.41, 5.74) is 4.98. The number of rotatable bonds is 6. The lowest BCUT2D eigenvalue weighted by molar-refractivity contribution is 0.414. The summed E-state index contributed by atoms with van der Waals surface area (Å²) in [5, 5.41) is 7.83. The summed E-state index contributed by atoms with van der Waals surface area (Å²) < 4.78 is 7.28. The van der Waals surface area contributed by atoms with Crippen LogP contribution in [0, 0.1) is 13.8 Å². The number of nitrogens with zero attached hydrogens (tertiary/aromatic N) is 2. The molecule has 2 aromatic rings. The van der Waals surface area contributed by atoms with Crippen molar-refractivity contribution in [2.75, 3.05) is 14.2 Å². The predicted octanol–water partition coefficient (Wildman–Crippen LogP) is 2.47. The van der Waals surface area contributed by atoms with Crippen LogP contribution in [0.2, 0.25) is 0 Å². The van der Waals surface area contributed by atoms with Gasteiger partial charge in [0.15, 0.2) is 0 Å². The zero-order valence-corrected chi connectivity index (χ0v) is 12.7. The van der Waals surface area contributed by atoms with Crippen molar-refractivity contribution in [1.29, 1.82) is 0 Å². The topological polar surface area (TPSA) is 39.1 Å². The highest BCUT2D eigenvalue weighted by Crippen LogP contribution is 2.15. The van der Waals surface area contributed by atoms with E-state index >= 15 is 0 Å². The molecule has 0 amide bonds. The molecule has 0 saturated heterocycles. The van der Waals surface area contributed by atoms with Gasteiger partial charge in [0, 0.05) is 24.3 Å². The summed E-state index contributed by atoms with van der Waals surface area (Å²) in [6.07, 6.45) is 0.977. The van der Waals surface area contributed by atoms with Gasteiger partial charge in [0.25, 0.3) is 0 Å². The van der Waals surface area contributed by atoms with Crippen LogP contribution in [0.1, 0.15) is 22.5 Å². The molecule has 0 saturated carbocycles. The van der Waals surface area contributed by atoms with Crippen molar-refractivity contribution in [2.45, 2.75) is 33.4 Å². The third-order valence-electron chi connectivity index (χ3n) is 3.66. The fourth-order valence-corrected chi connectivity index (χ4v) is 2.41. The third-order valence-corrected chi connectivity index (χ3v) is 3.66. The minimum atomic E-state index is 0.875. The molecule has 0 radical (unpaired) electrons. The van der Waals surface area contributed by atoms with Gasteiger partial charge >= 0.3 is 0 Å². The number of aromatic nitrogens is 2. The number of nitrogens with one attached hydrogen (secondary N) is 1. The van der Waals surface area contributed by atoms with Crippen LogP contribution in [0.25, 0.3) is 0 Å². The van der Waals surface area contributed by atoms with Crippen molar-refractivity contribution in [3.05, 3.63) is 46.8 Å². The first kappa shape index (κ1) is 14.6. The third kappa shape index (κ3) is 3.20. The van der Waals surface area contributed by atoms with E-state index in [9.17, 15) is 0 Å². The van der Waals surface area contributed by atoms with Crippen molar-refractivity contribution < 1.29 is 4.74 Å². The minimum absolute atomic E-state index is 0.875. The van der Waals surface area contributed by atoms with Crippen molar-refractivity contribution in [3.63, 3.8) is 0 Å². The highest BCUT2D eigenvalue weighted by molar-refractivity contribution is 5.28. The maximum absolute atomic E-state index is 5.17. The average molecular weight is 273 g/mol. The molecule has 1 N–H and O–H groups in total. The predicted molar refractivity (Wildman–Crippen MR) is 81.2 cm³/mol. The number of ether oxygens (including phenoxy) is 1. The van der Waals surface area contributed by atoms with E-state index in [1.165, 1.54) is 16.8 Å². The van der Waals surface area contributed by atoms with Gasteiger partial charge in [0.1, 0.15) is 5.75 Å². The van der Waals surface area contributed by atoms with E-state index in [1.807, 2.05) is 19.2 Å². The zero-order valence-electron chi connectivity index (χ0n) is 12.7. The molecule has 20 heavy (non-hydrogen) atoms. The number of hydrogen-bond donors (Lipinski definition) is 1. The Labute approximate surface area is 120 Å². The Kier molecular flexibility index (Phi) is 4.79. The minimum Gasteiger partial charge on any atom is -0.497 e. The molecule has 4 heteroatoms. The second kappa shape index (κ2) is 6.57. The maximum Gasteiger partial charge on any atom is 0.118 e. The van der Waals surface area contributed by atoms with Crippen LogP contribution in [0.4, 0.5) is 0 Å². The van der Waals surface area contributed by atoms with Gasteiger partial charge in [-0.15, -0.1) is 0 Å². The smallest absolute Gasteiger partial charge is 0.118 e. The molecule has 1 aromatic heterocycles. The average Bonchev–Trinajstić information content (AvgIpc) is 2.73. The zero-order chi connectivity index (χ0) is 14.5. The molecule has 1 heterocycles. The maximum atomic E-state index is 5.17. The van der Waals surface area contributed by atoms with E-state index in [-0.39, 0.29) is 0 Å². The number of benzene rings is 1. The van der Waals surface area contributed by atoms with E-state index in [4.69, 9.17) is 4.74 Å². The SMILES string of the molecule is CNCc1c(C)nn(CCc2ccc(OC)cc2)c1C. The van der Waals surface area contributed by atoms with Crippen LogP contribution < -0.4 is 10.1 Å². The number of methoxy groups -OCH3 is 1. The van der Waals surface area contributed by atoms with Crippen LogP contribution in [0.3, 0.4) is 0 Å². The fraction of sp³-hybridized carbons (Fsp3) is 0.438. The van der Waals surface area contributed by atoms with E-state index < -0.39 is 0 Å². The Balaban J connectivity index is 2.04. The summed E-state index contributed by atoms with van der Waals surface area (Å²) >= 11 is 0. The van der Waals surface area contributed by atoms with Gasteiger partial charge < -0.3 is 10.1 Å². The molecule has 0 aliphatic heterocycles. The molecule has 108 valence electrons. The van der Waals surface area contributed by atoms with Gasteiger partial charge in [-0.25, -0.2) is 0 Å². The lowest BCUT2D eigenvalue weighted by Gasteiger charge is -2.06. The quantitative estimate of drug-likeness (QED) is 0.879. The Hall–Kier alpha value is -1.81. The number of aryl methyl sites for hydroxylation is 3. The fourth-order valence-electron chi connectivity index (χ4n) is 2.41. The first-order chi connectivity index (χ1) is 9.65. The lowest BCUT2D eigenvalue weighted by atomic mass is 10.1. The van der Waals surface area contributed by atoms with Crippen molar-refractivity contribution in [1.82, 2.24) is 15.1 Å². The molecule has 0 aliphatic rings. The first-order valence-electron chi connectivity index (χ1n) is 6.96. The molecule has 0 fully saturated rings. The second-order valence-electron chi connectivity index (χ2n) is 5.00. The van der Waals surface area contributed by atoms with Crippen molar-refractivity contribution in [2.24, 2.45) is 0 Å². The van der Waals surface area contributed by atoms with Gasteiger partial charge in [-0.05, 0) is 45.0 Å². The van der Waals surface area contributed by atoms with Gasteiger partial charge in [-0.2, -0.15) is 5.10 Å². The number of hydrogen-bond acceptors (Lipinski definition) is 3. The molecule has 0 unspecified atom stereocenters. The second-order valence-corrected chi connectivity index (χ2v) is 5.00. The van der Waals surface area contributed by atoms with E-state index in [1.54, 1.807) is 7.11 Å². The monoisotopic (exact) mass is 273 g/mol. The van der Waals surface area contributed by atoms with Gasteiger partial charge in [0.05, 0.1) is 12.8 Å². The van der Waals surface area contributed by atoms with Crippen LogP contribution in [0.5, 0.6) is 5.75 Å².